The van der Waals surface area contributed by atoms with Crippen molar-refractivity contribution in [1.82, 2.24) is 9.99 Å². The molecule has 150 valence electrons. The second kappa shape index (κ2) is 7.52. The molecule has 0 saturated carbocycles. The molecule has 1 aromatic heterocycles. The molecule has 1 atom stereocenters. The Morgan fingerprint density at radius 2 is 1.90 bits per heavy atom. The molecule has 0 spiro atoms. The number of para-hydroxylation sites is 1. The maximum atomic E-state index is 13.0. The lowest BCUT2D eigenvalue weighted by atomic mass is 10.2. The number of aromatic nitrogens is 1. The molecule has 2 aromatic carbocycles. The molecule has 1 amide bonds. The van der Waals surface area contributed by atoms with Crippen molar-refractivity contribution in [3.8, 4) is 0 Å². The van der Waals surface area contributed by atoms with E-state index in [4.69, 9.17) is 0 Å². The molecule has 2 heterocycles. The summed E-state index contributed by atoms with van der Waals surface area (Å²) in [5.41, 5.74) is 1.39. The van der Waals surface area contributed by atoms with Crippen LogP contribution >= 0.6 is 23.1 Å². The van der Waals surface area contributed by atoms with E-state index in [1.54, 1.807) is 43.2 Å². The Morgan fingerprint density at radius 3 is 2.59 bits per heavy atom. The fraction of sp³-hybridized carbons (Fsp3) is 0.211. The molecule has 1 aliphatic heterocycles. The van der Waals surface area contributed by atoms with E-state index in [2.05, 4.69) is 9.38 Å². The molecule has 10 heteroatoms. The number of anilines is 1. The molecular formula is C19H18N4O3S3. The summed E-state index contributed by atoms with van der Waals surface area (Å²) in [6.07, 6.45) is 1.92. The van der Waals surface area contributed by atoms with E-state index in [1.807, 2.05) is 24.5 Å². The van der Waals surface area contributed by atoms with Crippen molar-refractivity contribution in [1.29, 1.82) is 0 Å². The Balaban J connectivity index is 1.73. The van der Waals surface area contributed by atoms with Gasteiger partial charge in [-0.2, -0.15) is 12.8 Å². The van der Waals surface area contributed by atoms with Gasteiger partial charge in [-0.25, -0.2) is 15.0 Å². The first-order chi connectivity index (χ1) is 13.8. The highest BCUT2D eigenvalue weighted by molar-refractivity contribution is 8.00. The average molecular weight is 447 g/mol. The summed E-state index contributed by atoms with van der Waals surface area (Å²) in [5, 5.41) is 3.12. The summed E-state index contributed by atoms with van der Waals surface area (Å²) in [6, 6.07) is 13.3. The van der Waals surface area contributed by atoms with E-state index >= 15 is 0 Å². The third-order valence-corrected chi connectivity index (χ3v) is 8.01. The summed E-state index contributed by atoms with van der Waals surface area (Å²) in [7, 11) is -2.31. The van der Waals surface area contributed by atoms with Crippen molar-refractivity contribution in [2.24, 2.45) is 4.40 Å². The first kappa shape index (κ1) is 20.0. The van der Waals surface area contributed by atoms with Crippen LogP contribution in [-0.2, 0) is 14.8 Å². The molecule has 1 aliphatic rings. The van der Waals surface area contributed by atoms with Crippen molar-refractivity contribution in [2.75, 3.05) is 18.3 Å². The highest BCUT2D eigenvalue weighted by atomic mass is 32.2. The highest BCUT2D eigenvalue weighted by Crippen LogP contribution is 2.31. The number of nitrogens with zero attached hydrogens (tertiary/aromatic N) is 4. The Bertz CT molecular complexity index is 1220. The molecule has 1 unspecified atom stereocenters. The van der Waals surface area contributed by atoms with Gasteiger partial charge in [-0.3, -0.25) is 4.79 Å². The highest BCUT2D eigenvalue weighted by Gasteiger charge is 2.41. The summed E-state index contributed by atoms with van der Waals surface area (Å²) in [5.74, 6) is -0.446. The molecule has 3 aromatic rings. The number of fused-ring (bicyclic) bond motifs is 1. The first-order valence-corrected chi connectivity index (χ1v) is 12.2. The zero-order valence-corrected chi connectivity index (χ0v) is 18.4. The van der Waals surface area contributed by atoms with Crippen LogP contribution in [0.15, 0.2) is 62.2 Å². The maximum Gasteiger partial charge on any atom is 0.289 e. The van der Waals surface area contributed by atoms with Gasteiger partial charge < -0.3 is 0 Å². The molecule has 0 aliphatic carbocycles. The number of thiazole rings is 1. The lowest BCUT2D eigenvalue weighted by Gasteiger charge is -2.25. The number of amides is 1. The zero-order chi connectivity index (χ0) is 20.8. The third kappa shape index (κ3) is 3.57. The maximum absolute atomic E-state index is 13.0. The first-order valence-electron chi connectivity index (χ1n) is 8.73. The molecular weight excluding hydrogens is 428 g/mol. The molecule has 0 N–H and O–H groups in total. The zero-order valence-electron chi connectivity index (χ0n) is 15.9. The number of carbonyl (C=O) groups excluding carboxylic acids is 1. The van der Waals surface area contributed by atoms with E-state index in [-0.39, 0.29) is 10.6 Å². The minimum Gasteiger partial charge on any atom is -0.266 e. The van der Waals surface area contributed by atoms with Crippen LogP contribution < -0.4 is 5.01 Å². The van der Waals surface area contributed by atoms with Gasteiger partial charge in [0.05, 0.1) is 26.8 Å². The van der Waals surface area contributed by atoms with E-state index in [0.717, 1.165) is 14.6 Å². The van der Waals surface area contributed by atoms with E-state index in [1.165, 1.54) is 34.2 Å². The number of hydrazine groups is 1. The number of thioether (sulfide) groups is 1. The van der Waals surface area contributed by atoms with Gasteiger partial charge in [-0.05, 0) is 43.5 Å². The second-order valence-electron chi connectivity index (χ2n) is 6.47. The molecule has 1 fully saturated rings. The van der Waals surface area contributed by atoms with Gasteiger partial charge in [-0.15, -0.1) is 11.3 Å². The Morgan fingerprint density at radius 1 is 1.17 bits per heavy atom. The Hall–Kier alpha value is -2.27. The van der Waals surface area contributed by atoms with E-state index in [0.29, 0.717) is 5.69 Å². The largest absolute Gasteiger partial charge is 0.289 e. The van der Waals surface area contributed by atoms with Crippen molar-refractivity contribution in [2.45, 2.75) is 22.2 Å². The van der Waals surface area contributed by atoms with Gasteiger partial charge in [0.15, 0.2) is 4.34 Å². The predicted molar refractivity (Wildman–Crippen MR) is 117 cm³/mol. The fourth-order valence-corrected chi connectivity index (χ4v) is 5.78. The van der Waals surface area contributed by atoms with Gasteiger partial charge in [0.2, 0.25) is 0 Å². The normalized spacial score (nSPS) is 19.6. The average Bonchev–Trinajstić information content (AvgIpc) is 3.22. The SMILES string of the molecule is CSc1nc2ccc(S(=O)(=O)N=C3C(=O)N(c4ccccc4)N(C)C3C)cc2s1. The summed E-state index contributed by atoms with van der Waals surface area (Å²) >= 11 is 2.93. The van der Waals surface area contributed by atoms with Crippen LogP contribution in [0.2, 0.25) is 0 Å². The van der Waals surface area contributed by atoms with Gasteiger partial charge in [0.1, 0.15) is 5.71 Å². The molecule has 7 nitrogen and oxygen atoms in total. The minimum atomic E-state index is -4.04. The predicted octanol–water partition coefficient (Wildman–Crippen LogP) is 3.43. The van der Waals surface area contributed by atoms with E-state index < -0.39 is 22.0 Å². The fourth-order valence-electron chi connectivity index (χ4n) is 3.08. The molecule has 0 bridgehead atoms. The molecule has 1 saturated heterocycles. The number of carbonyl (C=O) groups is 1. The number of benzene rings is 2. The summed E-state index contributed by atoms with van der Waals surface area (Å²) in [4.78, 5) is 17.4. The van der Waals surface area contributed by atoms with Crippen molar-refractivity contribution >= 4 is 60.6 Å². The molecule has 0 radical (unpaired) electrons. The summed E-state index contributed by atoms with van der Waals surface area (Å²) < 4.78 is 31.5. The number of sulfonamides is 1. The lowest BCUT2D eigenvalue weighted by Crippen LogP contribution is -2.38. The third-order valence-electron chi connectivity index (χ3n) is 4.72. The second-order valence-corrected chi connectivity index (χ2v) is 10.2. The smallest absolute Gasteiger partial charge is 0.266 e. The number of rotatable bonds is 4. The van der Waals surface area contributed by atoms with Crippen LogP contribution in [0.1, 0.15) is 6.92 Å². The van der Waals surface area contributed by atoms with Crippen LogP contribution in [-0.4, -0.2) is 49.4 Å². The molecule has 29 heavy (non-hydrogen) atoms. The van der Waals surface area contributed by atoms with Crippen LogP contribution in [0.5, 0.6) is 0 Å². The lowest BCUT2D eigenvalue weighted by molar-refractivity contribution is -0.113. The van der Waals surface area contributed by atoms with Crippen LogP contribution in [0.3, 0.4) is 0 Å². The van der Waals surface area contributed by atoms with Crippen LogP contribution in [0.25, 0.3) is 10.2 Å². The monoisotopic (exact) mass is 446 g/mol. The number of hydrogen-bond donors (Lipinski definition) is 0. The Labute approximate surface area is 177 Å². The molecule has 4 rings (SSSR count). The van der Waals surface area contributed by atoms with Gasteiger partial charge >= 0.3 is 0 Å². The number of hydrogen-bond acceptors (Lipinski definition) is 7. The van der Waals surface area contributed by atoms with Crippen LogP contribution in [0.4, 0.5) is 5.69 Å². The van der Waals surface area contributed by atoms with Gasteiger partial charge in [-0.1, -0.05) is 30.0 Å². The topological polar surface area (TPSA) is 82.9 Å². The van der Waals surface area contributed by atoms with Gasteiger partial charge in [0.25, 0.3) is 15.9 Å². The quantitative estimate of drug-likeness (QED) is 0.571. The van der Waals surface area contributed by atoms with Crippen molar-refractivity contribution in [3.05, 3.63) is 48.5 Å². The van der Waals surface area contributed by atoms with Crippen molar-refractivity contribution in [3.63, 3.8) is 0 Å². The van der Waals surface area contributed by atoms with Gasteiger partial charge in [0, 0.05) is 7.05 Å². The minimum absolute atomic E-state index is 0.00874. The Kier molecular flexibility index (Phi) is 5.19. The standard InChI is InChI=1S/C19H18N4O3S3/c1-12-17(18(24)23(22(12)2)13-7-5-4-6-8-13)21-29(25,26)14-9-10-15-16(11-14)28-19(20-15)27-3/h4-12H,1-3H3. The van der Waals surface area contributed by atoms with Crippen LogP contribution in [0, 0.1) is 0 Å². The van der Waals surface area contributed by atoms with Crippen molar-refractivity contribution < 1.29 is 13.2 Å². The van der Waals surface area contributed by atoms with E-state index in [9.17, 15) is 13.2 Å². The summed E-state index contributed by atoms with van der Waals surface area (Å²) in [6.45, 7) is 1.76.